The van der Waals surface area contributed by atoms with Gasteiger partial charge in [0.2, 0.25) is 0 Å². The Morgan fingerprint density at radius 1 is 1.11 bits per heavy atom. The van der Waals surface area contributed by atoms with Gasteiger partial charge in [0, 0.05) is 18.7 Å². The van der Waals surface area contributed by atoms with Gasteiger partial charge in [-0.25, -0.2) is 0 Å². The van der Waals surface area contributed by atoms with Crippen LogP contribution < -0.4 is 5.32 Å². The smallest absolute Gasteiger partial charge is 0.0641 e. The molecule has 1 heterocycles. The molecule has 0 amide bonds. The predicted molar refractivity (Wildman–Crippen MR) is 78.9 cm³/mol. The first kappa shape index (κ1) is 16.0. The molecule has 18 heavy (non-hydrogen) atoms. The summed E-state index contributed by atoms with van der Waals surface area (Å²) in [6.07, 6.45) is 4.88. The van der Waals surface area contributed by atoms with Crippen molar-refractivity contribution in [3.05, 3.63) is 0 Å². The van der Waals surface area contributed by atoms with Crippen LogP contribution in [0.15, 0.2) is 0 Å². The first-order chi connectivity index (χ1) is 8.28. The average molecular weight is 255 g/mol. The van der Waals surface area contributed by atoms with E-state index in [0.29, 0.717) is 12.1 Å². The summed E-state index contributed by atoms with van der Waals surface area (Å²) in [5.74, 6) is 1.54. The van der Waals surface area contributed by atoms with Crippen molar-refractivity contribution in [1.82, 2.24) is 5.32 Å². The van der Waals surface area contributed by atoms with Crippen LogP contribution in [0, 0.1) is 11.8 Å². The van der Waals surface area contributed by atoms with Gasteiger partial charge in [-0.05, 0) is 51.4 Å². The van der Waals surface area contributed by atoms with Gasteiger partial charge in [0.05, 0.1) is 5.60 Å². The van der Waals surface area contributed by atoms with Crippen molar-refractivity contribution in [1.29, 1.82) is 0 Å². The standard InChI is InChI=1S/C16H33NO/c1-12(2)9-15(10-13(3)4)17-14-7-8-18-16(5,6)11-14/h12-15,17H,7-11H2,1-6H3. The minimum atomic E-state index is 0.0517. The molecular weight excluding hydrogens is 222 g/mol. The van der Waals surface area contributed by atoms with E-state index < -0.39 is 0 Å². The fourth-order valence-electron chi connectivity index (χ4n) is 3.08. The maximum Gasteiger partial charge on any atom is 0.0641 e. The Morgan fingerprint density at radius 3 is 2.11 bits per heavy atom. The zero-order valence-electron chi connectivity index (χ0n) is 13.3. The van der Waals surface area contributed by atoms with Crippen molar-refractivity contribution in [3.63, 3.8) is 0 Å². The van der Waals surface area contributed by atoms with Crippen LogP contribution in [-0.2, 0) is 4.74 Å². The minimum absolute atomic E-state index is 0.0517. The van der Waals surface area contributed by atoms with Gasteiger partial charge in [-0.15, -0.1) is 0 Å². The minimum Gasteiger partial charge on any atom is -0.375 e. The molecule has 2 nitrogen and oxygen atoms in total. The van der Waals surface area contributed by atoms with Gasteiger partial charge in [-0.1, -0.05) is 27.7 Å². The Hall–Kier alpha value is -0.0800. The van der Waals surface area contributed by atoms with E-state index in [2.05, 4.69) is 46.9 Å². The molecule has 2 heteroatoms. The van der Waals surface area contributed by atoms with Crippen LogP contribution in [0.5, 0.6) is 0 Å². The van der Waals surface area contributed by atoms with Gasteiger partial charge in [0.25, 0.3) is 0 Å². The summed E-state index contributed by atoms with van der Waals surface area (Å²) < 4.78 is 5.80. The molecule has 108 valence electrons. The van der Waals surface area contributed by atoms with Crippen molar-refractivity contribution in [3.8, 4) is 0 Å². The SMILES string of the molecule is CC(C)CC(CC(C)C)NC1CCOC(C)(C)C1. The molecular formula is C16H33NO. The molecule has 1 N–H and O–H groups in total. The van der Waals surface area contributed by atoms with Crippen LogP contribution in [0.3, 0.4) is 0 Å². The third-order valence-corrected chi connectivity index (χ3v) is 3.68. The number of ether oxygens (including phenoxy) is 1. The fraction of sp³-hybridized carbons (Fsp3) is 1.00. The lowest BCUT2D eigenvalue weighted by atomic mass is 9.90. The Balaban J connectivity index is 2.48. The number of hydrogen-bond donors (Lipinski definition) is 1. The van der Waals surface area contributed by atoms with Crippen molar-refractivity contribution >= 4 is 0 Å². The summed E-state index contributed by atoms with van der Waals surface area (Å²) in [4.78, 5) is 0. The summed E-state index contributed by atoms with van der Waals surface area (Å²) in [7, 11) is 0. The monoisotopic (exact) mass is 255 g/mol. The van der Waals surface area contributed by atoms with Crippen LogP contribution >= 0.6 is 0 Å². The first-order valence-corrected chi connectivity index (χ1v) is 7.68. The van der Waals surface area contributed by atoms with Gasteiger partial charge in [-0.3, -0.25) is 0 Å². The highest BCUT2D eigenvalue weighted by Gasteiger charge is 2.30. The van der Waals surface area contributed by atoms with E-state index in [1.165, 1.54) is 12.8 Å². The molecule has 0 aromatic rings. The summed E-state index contributed by atoms with van der Waals surface area (Å²) in [6, 6.07) is 1.31. The van der Waals surface area contributed by atoms with E-state index >= 15 is 0 Å². The normalized spacial score (nSPS) is 24.2. The lowest BCUT2D eigenvalue weighted by Crippen LogP contribution is -2.48. The van der Waals surface area contributed by atoms with E-state index in [4.69, 9.17) is 4.74 Å². The molecule has 1 fully saturated rings. The predicted octanol–water partition coefficient (Wildman–Crippen LogP) is 3.99. The topological polar surface area (TPSA) is 21.3 Å². The summed E-state index contributed by atoms with van der Waals surface area (Å²) in [6.45, 7) is 14.6. The van der Waals surface area contributed by atoms with E-state index in [9.17, 15) is 0 Å². The van der Waals surface area contributed by atoms with Gasteiger partial charge in [0.1, 0.15) is 0 Å². The fourth-order valence-corrected chi connectivity index (χ4v) is 3.08. The molecule has 1 atom stereocenters. The van der Waals surface area contributed by atoms with Crippen LogP contribution in [0.4, 0.5) is 0 Å². The number of hydrogen-bond acceptors (Lipinski definition) is 2. The lowest BCUT2D eigenvalue weighted by molar-refractivity contribution is -0.0646. The molecule has 0 radical (unpaired) electrons. The molecule has 0 bridgehead atoms. The summed E-state index contributed by atoms with van der Waals surface area (Å²) in [5, 5.41) is 3.89. The average Bonchev–Trinajstić information content (AvgIpc) is 2.12. The molecule has 0 aliphatic carbocycles. The van der Waals surface area contributed by atoms with Crippen molar-refractivity contribution in [2.24, 2.45) is 11.8 Å². The van der Waals surface area contributed by atoms with Gasteiger partial charge < -0.3 is 10.1 Å². The molecule has 1 aliphatic heterocycles. The van der Waals surface area contributed by atoms with Crippen LogP contribution in [-0.4, -0.2) is 24.3 Å². The molecule has 0 spiro atoms. The zero-order chi connectivity index (χ0) is 13.8. The Morgan fingerprint density at radius 2 is 1.67 bits per heavy atom. The second kappa shape index (κ2) is 6.91. The second-order valence-electron chi connectivity index (χ2n) is 7.42. The highest BCUT2D eigenvalue weighted by Crippen LogP contribution is 2.25. The van der Waals surface area contributed by atoms with Crippen LogP contribution in [0.2, 0.25) is 0 Å². The molecule has 1 saturated heterocycles. The number of nitrogens with one attached hydrogen (secondary N) is 1. The van der Waals surface area contributed by atoms with Crippen molar-refractivity contribution in [2.45, 2.75) is 84.9 Å². The van der Waals surface area contributed by atoms with Crippen molar-refractivity contribution < 1.29 is 4.74 Å². The third-order valence-electron chi connectivity index (χ3n) is 3.68. The Bertz CT molecular complexity index is 225. The lowest BCUT2D eigenvalue weighted by Gasteiger charge is -2.38. The molecule has 0 saturated carbocycles. The molecule has 1 unspecified atom stereocenters. The van der Waals surface area contributed by atoms with E-state index in [-0.39, 0.29) is 5.60 Å². The largest absolute Gasteiger partial charge is 0.375 e. The second-order valence-corrected chi connectivity index (χ2v) is 7.42. The van der Waals surface area contributed by atoms with Crippen LogP contribution in [0.25, 0.3) is 0 Å². The number of rotatable bonds is 6. The first-order valence-electron chi connectivity index (χ1n) is 7.68. The highest BCUT2D eigenvalue weighted by molar-refractivity contribution is 4.85. The maximum absolute atomic E-state index is 5.80. The van der Waals surface area contributed by atoms with E-state index in [0.717, 1.165) is 31.3 Å². The Kier molecular flexibility index (Phi) is 6.13. The van der Waals surface area contributed by atoms with E-state index in [1.54, 1.807) is 0 Å². The molecule has 0 aromatic heterocycles. The summed E-state index contributed by atoms with van der Waals surface area (Å²) >= 11 is 0. The highest BCUT2D eigenvalue weighted by atomic mass is 16.5. The summed E-state index contributed by atoms with van der Waals surface area (Å²) in [5.41, 5.74) is 0.0517. The zero-order valence-corrected chi connectivity index (χ0v) is 13.3. The molecule has 1 rings (SSSR count). The molecule has 0 aromatic carbocycles. The third kappa shape index (κ3) is 6.19. The maximum atomic E-state index is 5.80. The van der Waals surface area contributed by atoms with Gasteiger partial charge >= 0.3 is 0 Å². The van der Waals surface area contributed by atoms with Crippen LogP contribution in [0.1, 0.15) is 67.2 Å². The van der Waals surface area contributed by atoms with Gasteiger partial charge in [0.15, 0.2) is 0 Å². The van der Waals surface area contributed by atoms with E-state index in [1.807, 2.05) is 0 Å². The Labute approximate surface area is 114 Å². The quantitative estimate of drug-likeness (QED) is 0.774. The molecule has 1 aliphatic rings. The van der Waals surface area contributed by atoms with Crippen molar-refractivity contribution in [2.75, 3.05) is 6.61 Å². The van der Waals surface area contributed by atoms with Gasteiger partial charge in [-0.2, -0.15) is 0 Å².